The van der Waals surface area contributed by atoms with Gasteiger partial charge in [0.25, 0.3) is 5.91 Å². The highest BCUT2D eigenvalue weighted by Crippen LogP contribution is 2.21. The fourth-order valence-electron chi connectivity index (χ4n) is 1.14. The lowest BCUT2D eigenvalue weighted by Crippen LogP contribution is -2.21. The lowest BCUT2D eigenvalue weighted by atomic mass is 10.3. The van der Waals surface area contributed by atoms with Gasteiger partial charge in [0.15, 0.2) is 10.5 Å². The quantitative estimate of drug-likeness (QED) is 0.759. The highest BCUT2D eigenvalue weighted by Gasteiger charge is 2.26. The first-order valence-corrected chi connectivity index (χ1v) is 5.00. The van der Waals surface area contributed by atoms with Gasteiger partial charge < -0.3 is 11.1 Å². The van der Waals surface area contributed by atoms with Gasteiger partial charge in [0.05, 0.1) is 0 Å². The number of nitrogens with one attached hydrogen (secondary N) is 1. The third kappa shape index (κ3) is 1.88. The molecule has 0 saturated heterocycles. The van der Waals surface area contributed by atoms with Crippen LogP contribution < -0.4 is 11.1 Å². The number of hydrogen-bond donors (Lipinski definition) is 2. The Morgan fingerprint density at radius 1 is 1.36 bits per heavy atom. The first-order chi connectivity index (χ1) is 6.75. The van der Waals surface area contributed by atoms with E-state index < -0.39 is 0 Å². The zero-order valence-corrected chi connectivity index (χ0v) is 8.12. The molecule has 0 spiro atoms. The Morgan fingerprint density at radius 3 is 2.64 bits per heavy atom. The van der Waals surface area contributed by atoms with Gasteiger partial charge in [0, 0.05) is 5.69 Å². The van der Waals surface area contributed by atoms with Gasteiger partial charge in [0.2, 0.25) is 0 Å². The summed E-state index contributed by atoms with van der Waals surface area (Å²) in [5.41, 5.74) is 6.31. The smallest absolute Gasteiger partial charge is 0.281 e. The lowest BCUT2D eigenvalue weighted by Gasteiger charge is -2.09. The van der Waals surface area contributed by atoms with Gasteiger partial charge in [-0.2, -0.15) is 4.99 Å². The zero-order chi connectivity index (χ0) is 9.97. The fourth-order valence-corrected chi connectivity index (χ4v) is 1.87. The highest BCUT2D eigenvalue weighted by atomic mass is 32.2. The molecule has 1 aliphatic rings. The lowest BCUT2D eigenvalue weighted by molar-refractivity contribution is -0.116. The Kier molecular flexibility index (Phi) is 2.41. The van der Waals surface area contributed by atoms with E-state index in [0.717, 1.165) is 5.69 Å². The third-order valence-corrected chi connectivity index (χ3v) is 2.64. The van der Waals surface area contributed by atoms with Gasteiger partial charge in [-0.15, -0.1) is 0 Å². The average molecular weight is 207 g/mol. The second-order valence-corrected chi connectivity index (χ2v) is 3.92. The number of amidine groups is 1. The molecule has 1 aromatic rings. The van der Waals surface area contributed by atoms with Crippen molar-refractivity contribution in [2.75, 3.05) is 5.32 Å². The predicted molar refractivity (Wildman–Crippen MR) is 58.1 cm³/mol. The predicted octanol–water partition coefficient (Wildman–Crippen LogP) is 1.01. The molecule has 0 aliphatic carbocycles. The summed E-state index contributed by atoms with van der Waals surface area (Å²) >= 11 is 1.24. The topological polar surface area (TPSA) is 67.5 Å². The molecule has 1 atom stereocenters. The summed E-state index contributed by atoms with van der Waals surface area (Å²) in [6.07, 6.45) is 0. The van der Waals surface area contributed by atoms with Gasteiger partial charge in [0.1, 0.15) is 0 Å². The number of aliphatic imine (C=N–C) groups is 1. The number of benzene rings is 1. The molecule has 0 radical (unpaired) electrons. The minimum Gasteiger partial charge on any atom is -0.378 e. The van der Waals surface area contributed by atoms with Crippen LogP contribution in [0, 0.1) is 0 Å². The van der Waals surface area contributed by atoms with E-state index in [9.17, 15) is 4.79 Å². The number of carbonyl (C=O) groups excluding carboxylic acids is 1. The molecule has 1 aromatic carbocycles. The van der Waals surface area contributed by atoms with Crippen LogP contribution in [-0.4, -0.2) is 16.4 Å². The van der Waals surface area contributed by atoms with Crippen molar-refractivity contribution in [3.8, 4) is 0 Å². The summed E-state index contributed by atoms with van der Waals surface area (Å²) in [4.78, 5) is 14.9. The summed E-state index contributed by atoms with van der Waals surface area (Å²) in [6, 6.07) is 9.50. The van der Waals surface area contributed by atoms with Crippen molar-refractivity contribution in [1.82, 2.24) is 0 Å². The number of hydrogen-bond acceptors (Lipinski definition) is 4. The normalized spacial score (nSPS) is 20.7. The molecule has 0 fully saturated rings. The Balaban J connectivity index is 2.04. The first kappa shape index (κ1) is 9.08. The van der Waals surface area contributed by atoms with Crippen LogP contribution in [-0.2, 0) is 4.79 Å². The van der Waals surface area contributed by atoms with E-state index in [1.807, 2.05) is 30.3 Å². The van der Waals surface area contributed by atoms with Crippen LogP contribution >= 0.6 is 11.8 Å². The summed E-state index contributed by atoms with van der Waals surface area (Å²) < 4.78 is 0. The molecular weight excluding hydrogens is 198 g/mol. The molecule has 2 rings (SSSR count). The number of rotatable bonds is 2. The number of carbonyl (C=O) groups is 1. The van der Waals surface area contributed by atoms with E-state index in [1.54, 1.807) is 0 Å². The molecule has 5 heteroatoms. The second kappa shape index (κ2) is 3.71. The fraction of sp³-hybridized carbons (Fsp3) is 0.111. The molecular formula is C9H9N3OS. The molecule has 4 nitrogen and oxygen atoms in total. The number of amides is 1. The van der Waals surface area contributed by atoms with Crippen LogP contribution in [0.5, 0.6) is 0 Å². The van der Waals surface area contributed by atoms with Crippen molar-refractivity contribution in [3.05, 3.63) is 30.3 Å². The van der Waals surface area contributed by atoms with Crippen molar-refractivity contribution in [2.45, 2.75) is 5.37 Å². The minimum atomic E-state index is -0.377. The van der Waals surface area contributed by atoms with Crippen LogP contribution in [0.2, 0.25) is 0 Å². The van der Waals surface area contributed by atoms with Crippen molar-refractivity contribution >= 4 is 28.5 Å². The van der Waals surface area contributed by atoms with Crippen molar-refractivity contribution in [3.63, 3.8) is 0 Å². The monoisotopic (exact) mass is 207 g/mol. The van der Waals surface area contributed by atoms with E-state index in [4.69, 9.17) is 5.73 Å². The van der Waals surface area contributed by atoms with Crippen molar-refractivity contribution in [1.29, 1.82) is 0 Å². The maximum absolute atomic E-state index is 11.2. The van der Waals surface area contributed by atoms with Crippen LogP contribution in [0.15, 0.2) is 35.3 Å². The Bertz CT molecular complexity index is 377. The van der Waals surface area contributed by atoms with Crippen molar-refractivity contribution in [2.24, 2.45) is 10.7 Å². The molecule has 0 saturated carbocycles. The number of nitrogens with two attached hydrogens (primary N) is 1. The summed E-state index contributed by atoms with van der Waals surface area (Å²) in [5.74, 6) is -0.226. The van der Waals surface area contributed by atoms with Gasteiger partial charge in [-0.25, -0.2) is 0 Å². The first-order valence-electron chi connectivity index (χ1n) is 4.12. The van der Waals surface area contributed by atoms with Gasteiger partial charge in [-0.3, -0.25) is 4.79 Å². The van der Waals surface area contributed by atoms with Crippen LogP contribution in [0.3, 0.4) is 0 Å². The molecule has 1 unspecified atom stereocenters. The summed E-state index contributed by atoms with van der Waals surface area (Å²) in [6.45, 7) is 0. The molecule has 0 aromatic heterocycles. The number of anilines is 1. The Labute approximate surface area is 85.6 Å². The van der Waals surface area contributed by atoms with Crippen LogP contribution in [0.4, 0.5) is 5.69 Å². The van der Waals surface area contributed by atoms with Gasteiger partial charge in [-0.05, 0) is 12.1 Å². The standard InChI is InChI=1S/C9H9N3OS/c10-9-12-7(13)8(14-9)11-6-4-2-1-3-5-6/h1-5,8,11H,(H2,10,12,13). The Morgan fingerprint density at radius 2 is 2.07 bits per heavy atom. The number of nitrogens with zero attached hydrogens (tertiary/aromatic N) is 1. The molecule has 1 amide bonds. The maximum atomic E-state index is 11.2. The minimum absolute atomic E-state index is 0.226. The highest BCUT2D eigenvalue weighted by molar-refractivity contribution is 8.15. The molecule has 1 aliphatic heterocycles. The summed E-state index contributed by atoms with van der Waals surface area (Å²) in [7, 11) is 0. The number of thioether (sulfide) groups is 1. The second-order valence-electron chi connectivity index (χ2n) is 2.80. The molecule has 0 bridgehead atoms. The molecule has 3 N–H and O–H groups in total. The maximum Gasteiger partial charge on any atom is 0.281 e. The van der Waals surface area contributed by atoms with E-state index in [2.05, 4.69) is 10.3 Å². The third-order valence-electron chi connectivity index (χ3n) is 1.75. The average Bonchev–Trinajstić information content (AvgIpc) is 2.47. The molecule has 72 valence electrons. The van der Waals surface area contributed by atoms with E-state index in [1.165, 1.54) is 11.8 Å². The van der Waals surface area contributed by atoms with E-state index >= 15 is 0 Å². The van der Waals surface area contributed by atoms with Crippen molar-refractivity contribution < 1.29 is 4.79 Å². The SMILES string of the molecule is NC1=NC(=O)C(Nc2ccccc2)S1. The molecule has 1 heterocycles. The Hall–Kier alpha value is -1.49. The summed E-state index contributed by atoms with van der Waals surface area (Å²) in [5, 5.41) is 2.99. The number of para-hydroxylation sites is 1. The van der Waals surface area contributed by atoms with E-state index in [0.29, 0.717) is 5.17 Å². The largest absolute Gasteiger partial charge is 0.378 e. The molecule has 14 heavy (non-hydrogen) atoms. The van der Waals surface area contributed by atoms with Gasteiger partial charge in [-0.1, -0.05) is 30.0 Å². The zero-order valence-electron chi connectivity index (χ0n) is 7.31. The van der Waals surface area contributed by atoms with E-state index in [-0.39, 0.29) is 11.3 Å². The van der Waals surface area contributed by atoms with Gasteiger partial charge >= 0.3 is 0 Å². The van der Waals surface area contributed by atoms with Crippen LogP contribution in [0.1, 0.15) is 0 Å². The van der Waals surface area contributed by atoms with Crippen LogP contribution in [0.25, 0.3) is 0 Å².